The van der Waals surface area contributed by atoms with E-state index >= 15 is 0 Å². The zero-order valence-electron chi connectivity index (χ0n) is 18.0. The summed E-state index contributed by atoms with van der Waals surface area (Å²) in [5, 5.41) is 5.27. The standard InChI is InChI=1S/C24H26N4O2/c1-14-6-8-16(3)18(12-14)24(29)28(5)11-10-21-26-23(30-27-21)22-17(4)19-13-15(2)7-9-20(19)25-22/h6-9,12-13,25H,10-11H2,1-5H3. The van der Waals surface area contributed by atoms with Crippen molar-refractivity contribution in [3.05, 3.63) is 70.0 Å². The number of aryl methyl sites for hydroxylation is 4. The van der Waals surface area contributed by atoms with E-state index in [0.717, 1.165) is 38.9 Å². The lowest BCUT2D eigenvalue weighted by Crippen LogP contribution is -2.29. The first-order valence-electron chi connectivity index (χ1n) is 10.1. The minimum atomic E-state index is 0.00162. The van der Waals surface area contributed by atoms with E-state index in [1.165, 1.54) is 5.56 Å². The van der Waals surface area contributed by atoms with Gasteiger partial charge in [0.15, 0.2) is 5.82 Å². The first-order valence-corrected chi connectivity index (χ1v) is 10.1. The van der Waals surface area contributed by atoms with Crippen molar-refractivity contribution in [1.29, 1.82) is 0 Å². The Balaban J connectivity index is 1.48. The molecule has 1 N–H and O–H groups in total. The van der Waals surface area contributed by atoms with Crippen LogP contribution in [0.15, 0.2) is 40.9 Å². The molecule has 2 heterocycles. The van der Waals surface area contributed by atoms with E-state index in [2.05, 4.69) is 40.2 Å². The Morgan fingerprint density at radius 3 is 2.60 bits per heavy atom. The van der Waals surface area contributed by atoms with E-state index in [1.807, 2.05) is 39.0 Å². The molecule has 0 radical (unpaired) electrons. The van der Waals surface area contributed by atoms with Crippen LogP contribution in [0.5, 0.6) is 0 Å². The molecule has 0 spiro atoms. The summed E-state index contributed by atoms with van der Waals surface area (Å²) in [5.74, 6) is 1.06. The van der Waals surface area contributed by atoms with Gasteiger partial charge in [-0.1, -0.05) is 34.5 Å². The van der Waals surface area contributed by atoms with E-state index in [9.17, 15) is 4.79 Å². The number of nitrogens with zero attached hydrogens (tertiary/aromatic N) is 3. The van der Waals surface area contributed by atoms with Crippen LogP contribution < -0.4 is 0 Å². The van der Waals surface area contributed by atoms with Gasteiger partial charge in [0.2, 0.25) is 0 Å². The molecule has 2 aromatic heterocycles. The Kier molecular flexibility index (Phi) is 5.16. The lowest BCUT2D eigenvalue weighted by Gasteiger charge is -2.17. The quantitative estimate of drug-likeness (QED) is 0.522. The summed E-state index contributed by atoms with van der Waals surface area (Å²) in [5.41, 5.74) is 6.97. The second kappa shape index (κ2) is 7.78. The number of H-pyrrole nitrogens is 1. The monoisotopic (exact) mass is 402 g/mol. The third kappa shape index (κ3) is 3.73. The van der Waals surface area contributed by atoms with Gasteiger partial charge in [-0.2, -0.15) is 4.98 Å². The highest BCUT2D eigenvalue weighted by molar-refractivity contribution is 5.95. The number of nitrogens with one attached hydrogen (secondary N) is 1. The molecule has 6 heteroatoms. The van der Waals surface area contributed by atoms with Gasteiger partial charge in [0, 0.05) is 36.5 Å². The van der Waals surface area contributed by atoms with Crippen LogP contribution in [0.25, 0.3) is 22.5 Å². The average Bonchev–Trinajstić information content (AvgIpc) is 3.32. The third-order valence-corrected chi connectivity index (χ3v) is 5.54. The van der Waals surface area contributed by atoms with E-state index in [0.29, 0.717) is 24.7 Å². The minimum absolute atomic E-state index is 0.00162. The van der Waals surface area contributed by atoms with Crippen molar-refractivity contribution < 1.29 is 9.32 Å². The molecule has 4 rings (SSSR count). The zero-order chi connectivity index (χ0) is 21.4. The number of carbonyl (C=O) groups is 1. The van der Waals surface area contributed by atoms with Crippen molar-refractivity contribution in [3.8, 4) is 11.6 Å². The fourth-order valence-electron chi connectivity index (χ4n) is 3.65. The molecule has 154 valence electrons. The van der Waals surface area contributed by atoms with Crippen LogP contribution >= 0.6 is 0 Å². The predicted molar refractivity (Wildman–Crippen MR) is 118 cm³/mol. The molecule has 0 saturated heterocycles. The summed E-state index contributed by atoms with van der Waals surface area (Å²) in [6.07, 6.45) is 0.523. The molecular formula is C24H26N4O2. The lowest BCUT2D eigenvalue weighted by molar-refractivity contribution is 0.0795. The highest BCUT2D eigenvalue weighted by Crippen LogP contribution is 2.29. The molecule has 0 aliphatic carbocycles. The van der Waals surface area contributed by atoms with Crippen LogP contribution in [0.3, 0.4) is 0 Å². The van der Waals surface area contributed by atoms with Gasteiger partial charge in [0.05, 0.1) is 0 Å². The number of amides is 1. The first kappa shape index (κ1) is 19.9. The average molecular weight is 402 g/mol. The molecule has 0 aliphatic rings. The summed E-state index contributed by atoms with van der Waals surface area (Å²) in [4.78, 5) is 22.4. The number of fused-ring (bicyclic) bond motifs is 1. The SMILES string of the molecule is Cc1ccc(C)c(C(=O)N(C)CCc2noc(-c3[nH]c4ccc(C)cc4c3C)n2)c1. The molecule has 4 aromatic rings. The van der Waals surface area contributed by atoms with Gasteiger partial charge in [-0.3, -0.25) is 4.79 Å². The van der Waals surface area contributed by atoms with E-state index in [1.54, 1.807) is 11.9 Å². The molecule has 0 saturated carbocycles. The number of carbonyl (C=O) groups excluding carboxylic acids is 1. The van der Waals surface area contributed by atoms with Crippen LogP contribution in [-0.4, -0.2) is 39.5 Å². The Hall–Kier alpha value is -3.41. The van der Waals surface area contributed by atoms with Crippen molar-refractivity contribution in [2.75, 3.05) is 13.6 Å². The van der Waals surface area contributed by atoms with Gasteiger partial charge >= 0.3 is 0 Å². The number of aromatic nitrogens is 3. The number of aromatic amines is 1. The second-order valence-corrected chi connectivity index (χ2v) is 7.98. The molecule has 6 nitrogen and oxygen atoms in total. The van der Waals surface area contributed by atoms with Crippen LogP contribution in [0, 0.1) is 27.7 Å². The van der Waals surface area contributed by atoms with Crippen molar-refractivity contribution in [3.63, 3.8) is 0 Å². The number of hydrogen-bond donors (Lipinski definition) is 1. The van der Waals surface area contributed by atoms with Gasteiger partial charge in [-0.25, -0.2) is 0 Å². The predicted octanol–water partition coefficient (Wildman–Crippen LogP) is 4.77. The maximum atomic E-state index is 12.8. The molecule has 1 amide bonds. The number of rotatable bonds is 5. The zero-order valence-corrected chi connectivity index (χ0v) is 18.0. The normalized spacial score (nSPS) is 11.2. The second-order valence-electron chi connectivity index (χ2n) is 7.98. The van der Waals surface area contributed by atoms with E-state index in [4.69, 9.17) is 4.52 Å². The van der Waals surface area contributed by atoms with Crippen LogP contribution in [0.1, 0.15) is 38.4 Å². The molecule has 0 atom stereocenters. The first-order chi connectivity index (χ1) is 14.3. The number of benzene rings is 2. The molecular weight excluding hydrogens is 376 g/mol. The van der Waals surface area contributed by atoms with Crippen LogP contribution in [0.4, 0.5) is 0 Å². The van der Waals surface area contributed by atoms with Gasteiger partial charge < -0.3 is 14.4 Å². The smallest absolute Gasteiger partial charge is 0.274 e. The Morgan fingerprint density at radius 2 is 1.80 bits per heavy atom. The van der Waals surface area contributed by atoms with E-state index < -0.39 is 0 Å². The number of hydrogen-bond acceptors (Lipinski definition) is 4. The fraction of sp³-hybridized carbons (Fsp3) is 0.292. The van der Waals surface area contributed by atoms with Crippen molar-refractivity contribution in [1.82, 2.24) is 20.0 Å². The lowest BCUT2D eigenvalue weighted by atomic mass is 10.0. The third-order valence-electron chi connectivity index (χ3n) is 5.54. The van der Waals surface area contributed by atoms with Crippen LogP contribution in [-0.2, 0) is 6.42 Å². The summed E-state index contributed by atoms with van der Waals surface area (Å²) < 4.78 is 5.51. The maximum Gasteiger partial charge on any atom is 0.274 e. The molecule has 0 bridgehead atoms. The highest BCUT2D eigenvalue weighted by Gasteiger charge is 2.18. The molecule has 0 fully saturated rings. The maximum absolute atomic E-state index is 12.8. The Bertz CT molecular complexity index is 1240. The largest absolute Gasteiger partial charge is 0.350 e. The number of likely N-dealkylation sites (N-methyl/N-ethyl adjacent to an activating group) is 1. The molecule has 0 unspecified atom stereocenters. The van der Waals surface area contributed by atoms with E-state index in [-0.39, 0.29) is 5.91 Å². The van der Waals surface area contributed by atoms with Gasteiger partial charge in [0.1, 0.15) is 5.69 Å². The van der Waals surface area contributed by atoms with Gasteiger partial charge in [-0.05, 0) is 57.0 Å². The van der Waals surface area contributed by atoms with Gasteiger partial charge in [-0.15, -0.1) is 0 Å². The summed E-state index contributed by atoms with van der Waals surface area (Å²) in [6, 6.07) is 12.2. The fourth-order valence-corrected chi connectivity index (χ4v) is 3.65. The summed E-state index contributed by atoms with van der Waals surface area (Å²) in [7, 11) is 1.80. The molecule has 0 aliphatic heterocycles. The highest BCUT2D eigenvalue weighted by atomic mass is 16.5. The molecule has 30 heavy (non-hydrogen) atoms. The van der Waals surface area contributed by atoms with Crippen molar-refractivity contribution in [2.24, 2.45) is 0 Å². The Labute approximate surface area is 175 Å². The van der Waals surface area contributed by atoms with Gasteiger partial charge in [0.25, 0.3) is 11.8 Å². The summed E-state index contributed by atoms with van der Waals surface area (Å²) in [6.45, 7) is 8.58. The topological polar surface area (TPSA) is 75.0 Å². The summed E-state index contributed by atoms with van der Waals surface area (Å²) >= 11 is 0. The van der Waals surface area contributed by atoms with Crippen molar-refractivity contribution >= 4 is 16.8 Å². The molecule has 2 aromatic carbocycles. The van der Waals surface area contributed by atoms with Crippen molar-refractivity contribution in [2.45, 2.75) is 34.1 Å². The van der Waals surface area contributed by atoms with Crippen LogP contribution in [0.2, 0.25) is 0 Å². The minimum Gasteiger partial charge on any atom is -0.350 e. The Morgan fingerprint density at radius 1 is 1.07 bits per heavy atom.